The number of hydrogen-bond acceptors (Lipinski definition) is 7. The molecule has 1 saturated heterocycles. The minimum atomic E-state index is -0.478. The van der Waals surface area contributed by atoms with Gasteiger partial charge in [-0.25, -0.2) is 24.8 Å². The molecule has 2 aromatic carbocycles. The summed E-state index contributed by atoms with van der Waals surface area (Å²) in [6, 6.07) is 17.3. The minimum absolute atomic E-state index is 0.175. The van der Waals surface area contributed by atoms with E-state index < -0.39 is 6.03 Å². The first-order chi connectivity index (χ1) is 17.1. The maximum atomic E-state index is 12.3. The number of benzene rings is 2. The number of morpholine rings is 1. The van der Waals surface area contributed by atoms with Crippen LogP contribution in [0.15, 0.2) is 60.9 Å². The number of aromatic nitrogens is 2. The molecule has 0 aliphatic carbocycles. The molecule has 9 nitrogen and oxygen atoms in total. The maximum Gasteiger partial charge on any atom is 0.324 e. The number of hydrazine groups is 1. The Hall–Kier alpha value is -3.55. The SMILES string of the molecule is N#Cc1cnc(NC(=O)Nc2ccc(CCN(Cc3ccccc3)N3CCOCC3)c(Cl)c2)cn1. The Morgan fingerprint density at radius 3 is 2.60 bits per heavy atom. The summed E-state index contributed by atoms with van der Waals surface area (Å²) in [5, 5.41) is 19.4. The minimum Gasteiger partial charge on any atom is -0.379 e. The number of nitrogens with one attached hydrogen (secondary N) is 2. The standard InChI is InChI=1S/C25H26ClN7O2/c26-23-14-21(30-25(34)31-24-17-28-22(15-27)16-29-24)7-6-20(23)8-9-33(32-10-12-35-13-11-32)18-19-4-2-1-3-5-19/h1-7,14,16-17H,8-13,18H2,(H2,29,30,31,34). The number of carbonyl (C=O) groups excluding carboxylic acids is 1. The second-order valence-electron chi connectivity index (χ2n) is 7.97. The molecule has 1 aliphatic heterocycles. The van der Waals surface area contributed by atoms with Crippen LogP contribution in [0, 0.1) is 11.3 Å². The van der Waals surface area contributed by atoms with Gasteiger partial charge in [0.1, 0.15) is 6.07 Å². The zero-order valence-electron chi connectivity index (χ0n) is 19.2. The predicted molar refractivity (Wildman–Crippen MR) is 134 cm³/mol. The summed E-state index contributed by atoms with van der Waals surface area (Å²) in [5.41, 5.74) is 2.99. The van der Waals surface area contributed by atoms with Gasteiger partial charge in [-0.05, 0) is 29.7 Å². The first-order valence-electron chi connectivity index (χ1n) is 11.3. The van der Waals surface area contributed by atoms with Crippen LogP contribution in [0.1, 0.15) is 16.8 Å². The topological polar surface area (TPSA) is 106 Å². The number of urea groups is 1. The van der Waals surface area contributed by atoms with E-state index in [0.29, 0.717) is 10.7 Å². The second kappa shape index (κ2) is 12.2. The van der Waals surface area contributed by atoms with Gasteiger partial charge in [-0.2, -0.15) is 5.26 Å². The van der Waals surface area contributed by atoms with Gasteiger partial charge >= 0.3 is 6.03 Å². The summed E-state index contributed by atoms with van der Waals surface area (Å²) in [5.74, 6) is 0.242. The normalized spacial score (nSPS) is 13.9. The van der Waals surface area contributed by atoms with E-state index in [9.17, 15) is 4.79 Å². The Bertz CT molecular complexity index is 1160. The molecule has 0 radical (unpaired) electrons. The molecule has 2 amide bonds. The average Bonchev–Trinajstić information content (AvgIpc) is 2.89. The van der Waals surface area contributed by atoms with Crippen LogP contribution in [-0.2, 0) is 17.7 Å². The van der Waals surface area contributed by atoms with Gasteiger partial charge in [0.25, 0.3) is 0 Å². The van der Waals surface area contributed by atoms with Gasteiger partial charge in [-0.1, -0.05) is 48.0 Å². The summed E-state index contributed by atoms with van der Waals surface area (Å²) >= 11 is 6.56. The van der Waals surface area contributed by atoms with Crippen molar-refractivity contribution in [3.63, 3.8) is 0 Å². The molecule has 35 heavy (non-hydrogen) atoms. The monoisotopic (exact) mass is 491 g/mol. The first-order valence-corrected chi connectivity index (χ1v) is 11.7. The molecule has 1 aliphatic rings. The van der Waals surface area contributed by atoms with E-state index in [0.717, 1.165) is 51.4 Å². The molecule has 2 heterocycles. The average molecular weight is 492 g/mol. The number of nitriles is 1. The van der Waals surface area contributed by atoms with Crippen molar-refractivity contribution in [3.8, 4) is 6.07 Å². The third-order valence-corrected chi connectivity index (χ3v) is 5.91. The van der Waals surface area contributed by atoms with Crippen molar-refractivity contribution >= 4 is 29.1 Å². The summed E-state index contributed by atoms with van der Waals surface area (Å²) < 4.78 is 5.53. The van der Waals surface area contributed by atoms with Crippen molar-refractivity contribution in [1.29, 1.82) is 5.26 Å². The number of anilines is 2. The largest absolute Gasteiger partial charge is 0.379 e. The van der Waals surface area contributed by atoms with E-state index in [2.05, 4.69) is 54.9 Å². The highest BCUT2D eigenvalue weighted by molar-refractivity contribution is 6.31. The number of ether oxygens (including phenoxy) is 1. The molecular formula is C25H26ClN7O2. The molecule has 4 rings (SSSR count). The Balaban J connectivity index is 1.35. The van der Waals surface area contributed by atoms with Crippen LogP contribution in [0.2, 0.25) is 5.02 Å². The van der Waals surface area contributed by atoms with Gasteiger partial charge in [0.15, 0.2) is 11.5 Å². The number of halogens is 1. The fourth-order valence-corrected chi connectivity index (χ4v) is 4.03. The van der Waals surface area contributed by atoms with Gasteiger partial charge in [0.2, 0.25) is 0 Å². The van der Waals surface area contributed by atoms with E-state index in [1.54, 1.807) is 6.07 Å². The van der Waals surface area contributed by atoms with Crippen molar-refractivity contribution in [2.75, 3.05) is 43.5 Å². The summed E-state index contributed by atoms with van der Waals surface area (Å²) in [6.45, 7) is 4.80. The zero-order valence-corrected chi connectivity index (χ0v) is 19.9. The van der Waals surface area contributed by atoms with Gasteiger partial charge in [-0.3, -0.25) is 5.32 Å². The first kappa shape index (κ1) is 24.6. The summed E-state index contributed by atoms with van der Waals surface area (Å²) in [4.78, 5) is 20.1. The summed E-state index contributed by atoms with van der Waals surface area (Å²) in [6.07, 6.45) is 3.37. The van der Waals surface area contributed by atoms with Crippen molar-refractivity contribution in [2.45, 2.75) is 13.0 Å². The molecule has 0 saturated carbocycles. The van der Waals surface area contributed by atoms with Gasteiger partial charge < -0.3 is 10.1 Å². The molecule has 0 atom stereocenters. The molecule has 0 spiro atoms. The quantitative estimate of drug-likeness (QED) is 0.491. The van der Waals surface area contributed by atoms with Crippen LogP contribution in [-0.4, -0.2) is 58.9 Å². The van der Waals surface area contributed by atoms with Crippen LogP contribution >= 0.6 is 11.6 Å². The highest BCUT2D eigenvalue weighted by atomic mass is 35.5. The molecule has 0 unspecified atom stereocenters. The molecule has 3 aromatic rings. The number of rotatable bonds is 8. The lowest BCUT2D eigenvalue weighted by atomic mass is 10.1. The molecule has 1 aromatic heterocycles. The molecule has 180 valence electrons. The summed E-state index contributed by atoms with van der Waals surface area (Å²) in [7, 11) is 0. The fourth-order valence-electron chi connectivity index (χ4n) is 3.76. The third kappa shape index (κ3) is 7.21. The van der Waals surface area contributed by atoms with E-state index >= 15 is 0 Å². The van der Waals surface area contributed by atoms with Gasteiger partial charge in [-0.15, -0.1) is 0 Å². The Kier molecular flexibility index (Phi) is 8.59. The lowest BCUT2D eigenvalue weighted by molar-refractivity contribution is -0.0948. The van der Waals surface area contributed by atoms with Crippen LogP contribution in [0.3, 0.4) is 0 Å². The highest BCUT2D eigenvalue weighted by Gasteiger charge is 2.19. The molecular weight excluding hydrogens is 466 g/mol. The number of hydrogen-bond donors (Lipinski definition) is 2. The van der Waals surface area contributed by atoms with E-state index in [1.807, 2.05) is 24.3 Å². The van der Waals surface area contributed by atoms with Crippen molar-refractivity contribution in [1.82, 2.24) is 20.0 Å². The third-order valence-electron chi connectivity index (χ3n) is 5.55. The highest BCUT2D eigenvalue weighted by Crippen LogP contribution is 2.23. The van der Waals surface area contributed by atoms with E-state index in [4.69, 9.17) is 21.6 Å². The number of carbonyl (C=O) groups is 1. The maximum absolute atomic E-state index is 12.3. The number of amides is 2. The number of nitrogens with zero attached hydrogens (tertiary/aromatic N) is 5. The second-order valence-corrected chi connectivity index (χ2v) is 8.38. The lowest BCUT2D eigenvalue weighted by Crippen LogP contribution is -2.49. The van der Waals surface area contributed by atoms with Crippen molar-refractivity contribution in [3.05, 3.63) is 82.8 Å². The smallest absolute Gasteiger partial charge is 0.324 e. The molecule has 0 bridgehead atoms. The lowest BCUT2D eigenvalue weighted by Gasteiger charge is -2.37. The van der Waals surface area contributed by atoms with E-state index in [1.165, 1.54) is 18.0 Å². The Labute approximate surface area is 209 Å². The van der Waals surface area contributed by atoms with E-state index in [-0.39, 0.29) is 11.5 Å². The van der Waals surface area contributed by atoms with Gasteiger partial charge in [0.05, 0.1) is 25.6 Å². The zero-order chi connectivity index (χ0) is 24.5. The van der Waals surface area contributed by atoms with Crippen molar-refractivity contribution < 1.29 is 9.53 Å². The molecule has 1 fully saturated rings. The Morgan fingerprint density at radius 2 is 1.91 bits per heavy atom. The van der Waals surface area contributed by atoms with Crippen LogP contribution in [0.5, 0.6) is 0 Å². The molecule has 2 N–H and O–H groups in total. The van der Waals surface area contributed by atoms with Crippen LogP contribution in [0.4, 0.5) is 16.3 Å². The van der Waals surface area contributed by atoms with Crippen LogP contribution < -0.4 is 10.6 Å². The Morgan fingerprint density at radius 1 is 1.11 bits per heavy atom. The van der Waals surface area contributed by atoms with Crippen LogP contribution in [0.25, 0.3) is 0 Å². The molecule has 10 heteroatoms. The fraction of sp³-hybridized carbons (Fsp3) is 0.280. The van der Waals surface area contributed by atoms with Crippen molar-refractivity contribution in [2.24, 2.45) is 0 Å². The van der Waals surface area contributed by atoms with Gasteiger partial charge in [0, 0.05) is 36.9 Å². The predicted octanol–water partition coefficient (Wildman–Crippen LogP) is 3.94.